The van der Waals surface area contributed by atoms with E-state index >= 15 is 0 Å². The standard InChI is InChI=1S/C6H8N2O2S.C2H6O/c7-5-1-3-6(4-2-5)11(8,9)10;1-3-2/h1-4H,7H2,(H2,8,9,10);1-2H3. The minimum absolute atomic E-state index is 0.0756. The zero-order valence-electron chi connectivity index (χ0n) is 8.10. The average Bonchev–Trinajstić information content (AvgIpc) is 2.04. The summed E-state index contributed by atoms with van der Waals surface area (Å²) in [6.07, 6.45) is 0. The first-order valence-electron chi connectivity index (χ1n) is 3.70. The number of nitrogen functional groups attached to an aromatic ring is 1. The molecule has 0 aliphatic rings. The maximum atomic E-state index is 10.7. The third-order valence-electron chi connectivity index (χ3n) is 1.21. The fourth-order valence-corrected chi connectivity index (χ4v) is 1.17. The molecule has 0 atom stereocenters. The molecule has 0 aromatic heterocycles. The van der Waals surface area contributed by atoms with Crippen LogP contribution in [0.4, 0.5) is 5.69 Å². The van der Waals surface area contributed by atoms with Crippen LogP contribution >= 0.6 is 0 Å². The molecule has 0 amide bonds. The molecular formula is C8H14N2O3S. The highest BCUT2D eigenvalue weighted by atomic mass is 32.2. The van der Waals surface area contributed by atoms with Crippen molar-refractivity contribution in [3.05, 3.63) is 24.3 Å². The first kappa shape index (κ1) is 12.9. The van der Waals surface area contributed by atoms with E-state index in [9.17, 15) is 8.42 Å². The van der Waals surface area contributed by atoms with E-state index in [4.69, 9.17) is 10.9 Å². The number of anilines is 1. The van der Waals surface area contributed by atoms with E-state index in [1.165, 1.54) is 24.3 Å². The molecule has 0 unspecified atom stereocenters. The summed E-state index contributed by atoms with van der Waals surface area (Å²) in [5.41, 5.74) is 5.85. The van der Waals surface area contributed by atoms with Crippen LogP contribution in [0.15, 0.2) is 29.2 Å². The van der Waals surface area contributed by atoms with Crippen molar-refractivity contribution >= 4 is 15.7 Å². The summed E-state index contributed by atoms with van der Waals surface area (Å²) in [4.78, 5) is 0.0756. The zero-order chi connectivity index (χ0) is 11.2. The molecule has 80 valence electrons. The van der Waals surface area contributed by atoms with Crippen LogP contribution in [0.2, 0.25) is 0 Å². The number of rotatable bonds is 1. The minimum Gasteiger partial charge on any atom is -0.399 e. The lowest BCUT2D eigenvalue weighted by molar-refractivity contribution is 0.277. The van der Waals surface area contributed by atoms with Gasteiger partial charge in [-0.2, -0.15) is 0 Å². The van der Waals surface area contributed by atoms with Gasteiger partial charge in [0, 0.05) is 19.9 Å². The maximum Gasteiger partial charge on any atom is 0.238 e. The van der Waals surface area contributed by atoms with E-state index in [1.54, 1.807) is 14.2 Å². The van der Waals surface area contributed by atoms with Gasteiger partial charge in [0.15, 0.2) is 0 Å². The van der Waals surface area contributed by atoms with Gasteiger partial charge < -0.3 is 10.5 Å². The van der Waals surface area contributed by atoms with E-state index in [0.717, 1.165) is 0 Å². The van der Waals surface area contributed by atoms with Crippen LogP contribution in [0.1, 0.15) is 0 Å². The number of ether oxygens (including phenoxy) is 1. The number of sulfonamides is 1. The van der Waals surface area contributed by atoms with E-state index < -0.39 is 10.0 Å². The fraction of sp³-hybridized carbons (Fsp3) is 0.250. The molecule has 0 aliphatic heterocycles. The normalized spacial score (nSPS) is 10.2. The van der Waals surface area contributed by atoms with Gasteiger partial charge in [-0.25, -0.2) is 13.6 Å². The van der Waals surface area contributed by atoms with Crippen molar-refractivity contribution in [2.24, 2.45) is 5.14 Å². The molecule has 4 N–H and O–H groups in total. The SMILES string of the molecule is COC.Nc1ccc(S(N)(=O)=O)cc1. The predicted molar refractivity (Wildman–Crippen MR) is 55.2 cm³/mol. The van der Waals surface area contributed by atoms with Crippen molar-refractivity contribution < 1.29 is 13.2 Å². The predicted octanol–water partition coefficient (Wildman–Crippen LogP) is 0.179. The summed E-state index contributed by atoms with van der Waals surface area (Å²) in [6, 6.07) is 5.70. The Balaban J connectivity index is 0.000000500. The Bertz CT molecular complexity index is 359. The van der Waals surface area contributed by atoms with E-state index in [-0.39, 0.29) is 4.90 Å². The molecule has 0 aliphatic carbocycles. The second kappa shape index (κ2) is 5.58. The van der Waals surface area contributed by atoms with Crippen molar-refractivity contribution in [3.63, 3.8) is 0 Å². The number of methoxy groups -OCH3 is 1. The summed E-state index contributed by atoms with van der Waals surface area (Å²) in [5, 5.41) is 4.84. The summed E-state index contributed by atoms with van der Waals surface area (Å²) < 4.78 is 25.6. The van der Waals surface area contributed by atoms with Gasteiger partial charge in [-0.1, -0.05) is 0 Å². The topological polar surface area (TPSA) is 95.4 Å². The van der Waals surface area contributed by atoms with E-state index in [2.05, 4.69) is 4.74 Å². The summed E-state index contributed by atoms with van der Waals surface area (Å²) in [6.45, 7) is 0. The van der Waals surface area contributed by atoms with Crippen molar-refractivity contribution in [1.82, 2.24) is 0 Å². The molecule has 0 spiro atoms. The van der Waals surface area contributed by atoms with Crippen LogP contribution in [0.3, 0.4) is 0 Å². The molecular weight excluding hydrogens is 204 g/mol. The molecule has 6 heteroatoms. The first-order chi connectivity index (χ1) is 6.41. The molecule has 5 nitrogen and oxygen atoms in total. The van der Waals surface area contributed by atoms with Gasteiger partial charge in [0.25, 0.3) is 0 Å². The molecule has 1 rings (SSSR count). The Morgan fingerprint density at radius 2 is 1.50 bits per heavy atom. The fourth-order valence-electron chi connectivity index (χ4n) is 0.658. The number of hydrogen-bond acceptors (Lipinski definition) is 4. The molecule has 0 saturated heterocycles. The zero-order valence-corrected chi connectivity index (χ0v) is 8.91. The largest absolute Gasteiger partial charge is 0.399 e. The molecule has 1 aromatic rings. The number of primary sulfonamides is 1. The third-order valence-corrected chi connectivity index (χ3v) is 2.14. The second-order valence-corrected chi connectivity index (χ2v) is 4.08. The summed E-state index contributed by atoms with van der Waals surface area (Å²) in [7, 11) is -0.325. The Labute approximate surface area is 83.7 Å². The Hall–Kier alpha value is -1.11. The second-order valence-electron chi connectivity index (χ2n) is 2.52. The van der Waals surface area contributed by atoms with Gasteiger partial charge >= 0.3 is 0 Å². The molecule has 0 heterocycles. The monoisotopic (exact) mass is 218 g/mol. The van der Waals surface area contributed by atoms with Crippen molar-refractivity contribution in [2.45, 2.75) is 4.90 Å². The maximum absolute atomic E-state index is 10.7. The quantitative estimate of drug-likeness (QED) is 0.657. The van der Waals surface area contributed by atoms with Crippen LogP contribution in [-0.2, 0) is 14.8 Å². The molecule has 0 radical (unpaired) electrons. The summed E-state index contributed by atoms with van der Waals surface area (Å²) in [5.74, 6) is 0. The van der Waals surface area contributed by atoms with Crippen LogP contribution < -0.4 is 10.9 Å². The molecule has 1 aromatic carbocycles. The molecule has 0 bridgehead atoms. The van der Waals surface area contributed by atoms with Gasteiger partial charge in [-0.15, -0.1) is 0 Å². The van der Waals surface area contributed by atoms with Crippen LogP contribution in [-0.4, -0.2) is 22.6 Å². The lowest BCUT2D eigenvalue weighted by Gasteiger charge is -1.96. The van der Waals surface area contributed by atoms with Gasteiger partial charge in [0.2, 0.25) is 10.0 Å². The smallest absolute Gasteiger partial charge is 0.238 e. The number of benzene rings is 1. The van der Waals surface area contributed by atoms with Crippen LogP contribution in [0.5, 0.6) is 0 Å². The van der Waals surface area contributed by atoms with Gasteiger partial charge in [0.1, 0.15) is 0 Å². The molecule has 0 fully saturated rings. The van der Waals surface area contributed by atoms with Crippen molar-refractivity contribution in [3.8, 4) is 0 Å². The highest BCUT2D eigenvalue weighted by Gasteiger charge is 2.04. The minimum atomic E-state index is -3.58. The highest BCUT2D eigenvalue weighted by Crippen LogP contribution is 2.08. The Morgan fingerprint density at radius 1 is 1.14 bits per heavy atom. The van der Waals surface area contributed by atoms with Gasteiger partial charge in [0.05, 0.1) is 4.90 Å². The van der Waals surface area contributed by atoms with Gasteiger partial charge in [-0.3, -0.25) is 0 Å². The van der Waals surface area contributed by atoms with Crippen molar-refractivity contribution in [1.29, 1.82) is 0 Å². The lowest BCUT2D eigenvalue weighted by Crippen LogP contribution is -2.11. The van der Waals surface area contributed by atoms with Gasteiger partial charge in [-0.05, 0) is 24.3 Å². The van der Waals surface area contributed by atoms with Crippen LogP contribution in [0, 0.1) is 0 Å². The average molecular weight is 218 g/mol. The van der Waals surface area contributed by atoms with Crippen molar-refractivity contribution in [2.75, 3.05) is 20.0 Å². The number of hydrogen-bond donors (Lipinski definition) is 2. The Morgan fingerprint density at radius 3 is 1.79 bits per heavy atom. The third kappa shape index (κ3) is 4.80. The highest BCUT2D eigenvalue weighted by molar-refractivity contribution is 7.89. The van der Waals surface area contributed by atoms with E-state index in [1.807, 2.05) is 0 Å². The lowest BCUT2D eigenvalue weighted by atomic mass is 10.3. The van der Waals surface area contributed by atoms with Crippen LogP contribution in [0.25, 0.3) is 0 Å². The first-order valence-corrected chi connectivity index (χ1v) is 5.25. The summed E-state index contributed by atoms with van der Waals surface area (Å²) >= 11 is 0. The molecule has 0 saturated carbocycles. The Kier molecular flexibility index (Phi) is 5.14. The molecule has 14 heavy (non-hydrogen) atoms. The number of nitrogens with two attached hydrogens (primary N) is 2. The van der Waals surface area contributed by atoms with E-state index in [0.29, 0.717) is 5.69 Å².